The molecular weight excluding hydrogens is 404 g/mol. The van der Waals surface area contributed by atoms with Gasteiger partial charge < -0.3 is 9.47 Å². The molecule has 0 bridgehead atoms. The number of aromatic nitrogens is 2. The lowest BCUT2D eigenvalue weighted by Crippen LogP contribution is -2.29. The minimum Gasteiger partial charge on any atom is -0.493 e. The van der Waals surface area contributed by atoms with Crippen LogP contribution in [0.5, 0.6) is 11.5 Å². The van der Waals surface area contributed by atoms with Crippen molar-refractivity contribution in [2.45, 2.75) is 4.90 Å². The Morgan fingerprint density at radius 3 is 2.30 bits per heavy atom. The fraction of sp³-hybridized carbons (Fsp3) is 0.0909. The van der Waals surface area contributed by atoms with E-state index in [9.17, 15) is 13.2 Å². The number of methoxy groups -OCH3 is 2. The first-order chi connectivity index (χ1) is 14.5. The van der Waals surface area contributed by atoms with Gasteiger partial charge in [0.1, 0.15) is 0 Å². The predicted octanol–water partition coefficient (Wildman–Crippen LogP) is 3.32. The smallest absolute Gasteiger partial charge is 0.274 e. The maximum atomic E-state index is 13.6. The Labute approximate surface area is 173 Å². The van der Waals surface area contributed by atoms with Crippen molar-refractivity contribution in [1.29, 1.82) is 0 Å². The Morgan fingerprint density at radius 2 is 1.60 bits per heavy atom. The molecule has 7 nitrogen and oxygen atoms in total. The molecule has 2 aromatic carbocycles. The summed E-state index contributed by atoms with van der Waals surface area (Å²) in [6.45, 7) is 0. The highest BCUT2D eigenvalue weighted by Gasteiger charge is 2.25. The fourth-order valence-corrected chi connectivity index (χ4v) is 4.69. The Kier molecular flexibility index (Phi) is 5.01. The second-order valence-corrected chi connectivity index (χ2v) is 8.21. The van der Waals surface area contributed by atoms with Crippen LogP contribution in [0.25, 0.3) is 22.2 Å². The monoisotopic (exact) mass is 422 g/mol. The van der Waals surface area contributed by atoms with E-state index in [1.807, 2.05) is 6.07 Å². The molecule has 8 heteroatoms. The van der Waals surface area contributed by atoms with Crippen LogP contribution < -0.4 is 15.0 Å². The average Bonchev–Trinajstić information content (AvgIpc) is 2.78. The molecule has 0 fully saturated rings. The molecule has 0 saturated heterocycles. The number of pyridine rings is 2. The second-order valence-electron chi connectivity index (χ2n) is 6.42. The molecule has 0 aliphatic rings. The van der Waals surface area contributed by atoms with E-state index >= 15 is 0 Å². The molecule has 4 aromatic rings. The second kappa shape index (κ2) is 7.64. The van der Waals surface area contributed by atoms with E-state index in [0.717, 1.165) is 3.97 Å². The van der Waals surface area contributed by atoms with E-state index < -0.39 is 15.6 Å². The number of rotatable bonds is 5. The molecule has 0 N–H and O–H groups in total. The van der Waals surface area contributed by atoms with Gasteiger partial charge in [0.05, 0.1) is 35.7 Å². The fourth-order valence-electron chi connectivity index (χ4n) is 3.25. The minimum absolute atomic E-state index is 0.0947. The molecule has 4 rings (SSSR count). The highest BCUT2D eigenvalue weighted by molar-refractivity contribution is 7.90. The summed E-state index contributed by atoms with van der Waals surface area (Å²) >= 11 is 0. The van der Waals surface area contributed by atoms with E-state index in [1.165, 1.54) is 32.4 Å². The van der Waals surface area contributed by atoms with Crippen molar-refractivity contribution >= 4 is 20.9 Å². The summed E-state index contributed by atoms with van der Waals surface area (Å²) in [5.74, 6) is 0.630. The third-order valence-electron chi connectivity index (χ3n) is 4.71. The molecule has 0 amide bonds. The topological polar surface area (TPSA) is 87.5 Å². The highest BCUT2D eigenvalue weighted by atomic mass is 32.2. The average molecular weight is 422 g/mol. The van der Waals surface area contributed by atoms with Crippen LogP contribution in [0.15, 0.2) is 82.6 Å². The zero-order valence-electron chi connectivity index (χ0n) is 16.3. The zero-order valence-corrected chi connectivity index (χ0v) is 17.1. The van der Waals surface area contributed by atoms with Crippen LogP contribution in [-0.2, 0) is 10.0 Å². The quantitative estimate of drug-likeness (QED) is 0.490. The van der Waals surface area contributed by atoms with Crippen molar-refractivity contribution < 1.29 is 17.9 Å². The Balaban J connectivity index is 2.07. The number of benzene rings is 2. The van der Waals surface area contributed by atoms with Gasteiger partial charge in [-0.15, -0.1) is 0 Å². The lowest BCUT2D eigenvalue weighted by Gasteiger charge is -2.16. The Hall–Kier alpha value is -3.65. The van der Waals surface area contributed by atoms with E-state index in [4.69, 9.17) is 9.47 Å². The number of nitrogens with zero attached hydrogens (tertiary/aromatic N) is 2. The van der Waals surface area contributed by atoms with E-state index in [-0.39, 0.29) is 21.7 Å². The van der Waals surface area contributed by atoms with Crippen LogP contribution in [0.1, 0.15) is 0 Å². The first-order valence-corrected chi connectivity index (χ1v) is 10.4. The van der Waals surface area contributed by atoms with Crippen LogP contribution in [-0.4, -0.2) is 31.6 Å². The summed E-state index contributed by atoms with van der Waals surface area (Å²) in [5, 5.41) is 0.209. The van der Waals surface area contributed by atoms with Crippen LogP contribution in [0.3, 0.4) is 0 Å². The van der Waals surface area contributed by atoms with E-state index in [0.29, 0.717) is 16.8 Å². The Morgan fingerprint density at radius 1 is 0.867 bits per heavy atom. The molecule has 0 spiro atoms. The van der Waals surface area contributed by atoms with E-state index in [2.05, 4.69) is 4.98 Å². The summed E-state index contributed by atoms with van der Waals surface area (Å²) in [6, 6.07) is 17.8. The molecule has 0 unspecified atom stereocenters. The summed E-state index contributed by atoms with van der Waals surface area (Å²) in [6.07, 6.45) is 1.56. The largest absolute Gasteiger partial charge is 0.493 e. The summed E-state index contributed by atoms with van der Waals surface area (Å²) in [4.78, 5) is 17.4. The van der Waals surface area contributed by atoms with Crippen molar-refractivity contribution in [3.8, 4) is 22.8 Å². The maximum absolute atomic E-state index is 13.6. The molecule has 152 valence electrons. The predicted molar refractivity (Wildman–Crippen MR) is 114 cm³/mol. The number of ether oxygens (including phenoxy) is 2. The van der Waals surface area contributed by atoms with Gasteiger partial charge in [0.25, 0.3) is 15.6 Å². The molecule has 0 radical (unpaired) electrons. The third kappa shape index (κ3) is 3.21. The van der Waals surface area contributed by atoms with Crippen LogP contribution in [0.2, 0.25) is 0 Å². The standard InChI is InChI=1S/C22H18N2O5S/c1-28-20-11-10-16(13-21(20)29-2)30(26,27)24-19(15-7-4-3-5-8-15)14-18-17(22(24)25)9-6-12-23-18/h3-14H,1-2H3. The lowest BCUT2D eigenvalue weighted by atomic mass is 10.1. The number of fused-ring (bicyclic) bond motifs is 1. The van der Waals surface area contributed by atoms with Gasteiger partial charge in [-0.25, -0.2) is 8.42 Å². The van der Waals surface area contributed by atoms with Gasteiger partial charge in [0.2, 0.25) is 0 Å². The molecule has 0 aliphatic heterocycles. The molecular formula is C22H18N2O5S. The summed E-state index contributed by atoms with van der Waals surface area (Å²) in [5.41, 5.74) is 0.544. The SMILES string of the molecule is COc1ccc(S(=O)(=O)n2c(-c3ccccc3)cc3ncccc3c2=O)cc1OC. The van der Waals surface area contributed by atoms with Crippen molar-refractivity contribution in [1.82, 2.24) is 8.96 Å². The van der Waals surface area contributed by atoms with Gasteiger partial charge in [0, 0.05) is 12.3 Å². The van der Waals surface area contributed by atoms with Crippen molar-refractivity contribution in [2.75, 3.05) is 14.2 Å². The minimum atomic E-state index is -4.26. The van der Waals surface area contributed by atoms with E-state index in [1.54, 1.807) is 48.7 Å². The van der Waals surface area contributed by atoms with Crippen LogP contribution in [0, 0.1) is 0 Å². The van der Waals surface area contributed by atoms with Crippen LogP contribution in [0.4, 0.5) is 0 Å². The molecule has 2 aromatic heterocycles. The van der Waals surface area contributed by atoms with Gasteiger partial charge in [0.15, 0.2) is 11.5 Å². The van der Waals surface area contributed by atoms with Crippen molar-refractivity contribution in [3.63, 3.8) is 0 Å². The number of hydrogen-bond acceptors (Lipinski definition) is 6. The first kappa shape index (κ1) is 19.7. The first-order valence-electron chi connectivity index (χ1n) is 9.01. The van der Waals surface area contributed by atoms with Crippen LogP contribution >= 0.6 is 0 Å². The zero-order chi connectivity index (χ0) is 21.3. The summed E-state index contributed by atoms with van der Waals surface area (Å²) < 4.78 is 38.4. The molecule has 2 heterocycles. The van der Waals surface area contributed by atoms with Gasteiger partial charge in [-0.2, -0.15) is 3.97 Å². The highest BCUT2D eigenvalue weighted by Crippen LogP contribution is 2.31. The maximum Gasteiger partial charge on any atom is 0.274 e. The molecule has 0 atom stereocenters. The van der Waals surface area contributed by atoms with Gasteiger partial charge >= 0.3 is 0 Å². The van der Waals surface area contributed by atoms with Gasteiger partial charge in [-0.1, -0.05) is 30.3 Å². The molecule has 0 saturated carbocycles. The number of hydrogen-bond donors (Lipinski definition) is 0. The van der Waals surface area contributed by atoms with Gasteiger partial charge in [-0.05, 0) is 35.9 Å². The lowest BCUT2D eigenvalue weighted by molar-refractivity contribution is 0.354. The van der Waals surface area contributed by atoms with Gasteiger partial charge in [-0.3, -0.25) is 9.78 Å². The third-order valence-corrected chi connectivity index (χ3v) is 6.40. The Bertz CT molecular complexity index is 1400. The molecule has 0 aliphatic carbocycles. The van der Waals surface area contributed by atoms with Crippen molar-refractivity contribution in [2.24, 2.45) is 0 Å². The summed E-state index contributed by atoms with van der Waals surface area (Å²) in [7, 11) is -1.38. The molecule has 30 heavy (non-hydrogen) atoms. The van der Waals surface area contributed by atoms with Crippen molar-refractivity contribution in [3.05, 3.63) is 83.3 Å². The normalized spacial score (nSPS) is 11.4.